The van der Waals surface area contributed by atoms with E-state index in [9.17, 15) is 9.50 Å². The van der Waals surface area contributed by atoms with Crippen LogP contribution in [0.25, 0.3) is 0 Å². The van der Waals surface area contributed by atoms with E-state index in [-0.39, 0.29) is 11.4 Å². The molecule has 21 heavy (non-hydrogen) atoms. The third-order valence-electron chi connectivity index (χ3n) is 3.22. The predicted octanol–water partition coefficient (Wildman–Crippen LogP) is 3.77. The summed E-state index contributed by atoms with van der Waals surface area (Å²) in [4.78, 5) is 0. The van der Waals surface area contributed by atoms with Gasteiger partial charge in [-0.2, -0.15) is 0 Å². The summed E-state index contributed by atoms with van der Waals surface area (Å²) in [6.45, 7) is 0. The van der Waals surface area contributed by atoms with Crippen LogP contribution in [-0.4, -0.2) is 19.3 Å². The smallest absolute Gasteiger partial charge is 0.166 e. The molecule has 0 aromatic heterocycles. The number of benzene rings is 2. The Balaban J connectivity index is 2.30. The molecular formula is C16H16ClFO3. The lowest BCUT2D eigenvalue weighted by Gasteiger charge is -2.17. The van der Waals surface area contributed by atoms with Crippen LogP contribution in [-0.2, 0) is 6.42 Å². The lowest BCUT2D eigenvalue weighted by Crippen LogP contribution is -2.05. The van der Waals surface area contributed by atoms with Gasteiger partial charge in [-0.15, -0.1) is 0 Å². The maximum absolute atomic E-state index is 13.0. The van der Waals surface area contributed by atoms with Crippen LogP contribution in [0.1, 0.15) is 17.2 Å². The minimum Gasteiger partial charge on any atom is -0.493 e. The Morgan fingerprint density at radius 1 is 1.19 bits per heavy atom. The highest BCUT2D eigenvalue weighted by Crippen LogP contribution is 2.36. The molecule has 5 heteroatoms. The van der Waals surface area contributed by atoms with Crippen molar-refractivity contribution >= 4 is 11.6 Å². The van der Waals surface area contributed by atoms with E-state index in [0.29, 0.717) is 22.6 Å². The minimum absolute atomic E-state index is 0.253. The normalized spacial score (nSPS) is 12.0. The van der Waals surface area contributed by atoms with E-state index in [1.165, 1.54) is 26.4 Å². The fraction of sp³-hybridized carbons (Fsp3) is 0.250. The first-order valence-corrected chi connectivity index (χ1v) is 6.77. The Hall–Kier alpha value is -1.78. The van der Waals surface area contributed by atoms with Crippen LogP contribution < -0.4 is 9.47 Å². The van der Waals surface area contributed by atoms with Crippen LogP contribution in [0.5, 0.6) is 11.5 Å². The summed E-state index contributed by atoms with van der Waals surface area (Å²) in [5.41, 5.74) is 1.26. The summed E-state index contributed by atoms with van der Waals surface area (Å²) in [6, 6.07) is 9.38. The molecule has 0 fully saturated rings. The van der Waals surface area contributed by atoms with E-state index in [0.717, 1.165) is 0 Å². The van der Waals surface area contributed by atoms with Crippen LogP contribution in [0.3, 0.4) is 0 Å². The number of para-hydroxylation sites is 1. The zero-order valence-corrected chi connectivity index (χ0v) is 12.5. The van der Waals surface area contributed by atoms with Crippen molar-refractivity contribution in [2.75, 3.05) is 14.2 Å². The minimum atomic E-state index is -0.835. The Kier molecular flexibility index (Phi) is 5.04. The summed E-state index contributed by atoms with van der Waals surface area (Å²) in [7, 11) is 3.05. The van der Waals surface area contributed by atoms with Crippen LogP contribution in [0, 0.1) is 5.82 Å². The van der Waals surface area contributed by atoms with Crippen LogP contribution >= 0.6 is 11.6 Å². The molecule has 1 atom stereocenters. The monoisotopic (exact) mass is 310 g/mol. The van der Waals surface area contributed by atoms with Gasteiger partial charge in [-0.3, -0.25) is 0 Å². The Labute approximate surface area is 127 Å². The van der Waals surface area contributed by atoms with Crippen LogP contribution in [0.2, 0.25) is 5.02 Å². The van der Waals surface area contributed by atoms with Gasteiger partial charge in [0.25, 0.3) is 0 Å². The molecule has 2 rings (SSSR count). The number of halogens is 2. The van der Waals surface area contributed by atoms with Gasteiger partial charge >= 0.3 is 0 Å². The quantitative estimate of drug-likeness (QED) is 0.913. The molecule has 0 aliphatic heterocycles. The standard InChI is InChI=1S/C16H16ClFO3/c1-20-15-5-3-4-12(16(15)21-2)14(19)8-10-6-7-11(18)9-13(10)17/h3-7,9,14,19H,8H2,1-2H3. The van der Waals surface area contributed by atoms with Crippen molar-refractivity contribution in [3.05, 3.63) is 58.4 Å². The first kappa shape index (κ1) is 15.6. The van der Waals surface area contributed by atoms with E-state index in [2.05, 4.69) is 0 Å². The number of aliphatic hydroxyl groups is 1. The number of hydrogen-bond donors (Lipinski definition) is 1. The second kappa shape index (κ2) is 6.78. The Bertz CT molecular complexity index is 631. The number of aliphatic hydroxyl groups excluding tert-OH is 1. The van der Waals surface area contributed by atoms with Crippen LogP contribution in [0.15, 0.2) is 36.4 Å². The molecule has 2 aromatic rings. The summed E-state index contributed by atoms with van der Waals surface area (Å²) in [5, 5.41) is 10.7. The molecule has 3 nitrogen and oxygen atoms in total. The zero-order chi connectivity index (χ0) is 15.4. The molecule has 0 radical (unpaired) electrons. The molecule has 1 unspecified atom stereocenters. The Morgan fingerprint density at radius 2 is 1.95 bits per heavy atom. The highest BCUT2D eigenvalue weighted by molar-refractivity contribution is 6.31. The number of ether oxygens (including phenoxy) is 2. The second-order valence-electron chi connectivity index (χ2n) is 4.54. The van der Waals surface area contributed by atoms with E-state index in [4.69, 9.17) is 21.1 Å². The van der Waals surface area contributed by atoms with Gasteiger partial charge in [0.05, 0.1) is 20.3 Å². The average Bonchev–Trinajstić information content (AvgIpc) is 2.49. The summed E-state index contributed by atoms with van der Waals surface area (Å²) in [6.07, 6.45) is -0.583. The largest absolute Gasteiger partial charge is 0.493 e. The fourth-order valence-corrected chi connectivity index (χ4v) is 2.42. The zero-order valence-electron chi connectivity index (χ0n) is 11.8. The van der Waals surface area contributed by atoms with Gasteiger partial charge in [-0.1, -0.05) is 29.8 Å². The third kappa shape index (κ3) is 3.46. The van der Waals surface area contributed by atoms with Gasteiger partial charge < -0.3 is 14.6 Å². The first-order valence-electron chi connectivity index (χ1n) is 6.39. The van der Waals surface area contributed by atoms with Crippen molar-refractivity contribution in [3.63, 3.8) is 0 Å². The van der Waals surface area contributed by atoms with Crippen molar-refractivity contribution in [3.8, 4) is 11.5 Å². The lowest BCUT2D eigenvalue weighted by molar-refractivity contribution is 0.173. The summed E-state index contributed by atoms with van der Waals surface area (Å²) < 4.78 is 23.5. The number of hydrogen-bond acceptors (Lipinski definition) is 3. The molecule has 0 saturated carbocycles. The first-order chi connectivity index (χ1) is 10.1. The van der Waals surface area contributed by atoms with Crippen molar-refractivity contribution in [2.45, 2.75) is 12.5 Å². The van der Waals surface area contributed by atoms with E-state index in [1.54, 1.807) is 24.3 Å². The van der Waals surface area contributed by atoms with Crippen molar-refractivity contribution < 1.29 is 19.0 Å². The molecule has 0 heterocycles. The highest BCUT2D eigenvalue weighted by Gasteiger charge is 2.18. The van der Waals surface area contributed by atoms with Gasteiger partial charge in [0, 0.05) is 17.0 Å². The predicted molar refractivity (Wildman–Crippen MR) is 79.6 cm³/mol. The molecule has 1 N–H and O–H groups in total. The summed E-state index contributed by atoms with van der Waals surface area (Å²) >= 11 is 5.99. The van der Waals surface area contributed by atoms with Gasteiger partial charge in [0.1, 0.15) is 5.82 Å². The van der Waals surface area contributed by atoms with Gasteiger partial charge in [0.15, 0.2) is 11.5 Å². The maximum Gasteiger partial charge on any atom is 0.166 e. The van der Waals surface area contributed by atoms with E-state index >= 15 is 0 Å². The number of methoxy groups -OCH3 is 2. The molecular weight excluding hydrogens is 295 g/mol. The Morgan fingerprint density at radius 3 is 2.57 bits per heavy atom. The van der Waals surface area contributed by atoms with Gasteiger partial charge in [-0.05, 0) is 23.8 Å². The van der Waals surface area contributed by atoms with Crippen LogP contribution in [0.4, 0.5) is 4.39 Å². The second-order valence-corrected chi connectivity index (χ2v) is 4.95. The highest BCUT2D eigenvalue weighted by atomic mass is 35.5. The van der Waals surface area contributed by atoms with E-state index < -0.39 is 11.9 Å². The molecule has 112 valence electrons. The summed E-state index contributed by atoms with van der Waals surface area (Å²) in [5.74, 6) is 0.613. The molecule has 0 spiro atoms. The molecule has 0 bridgehead atoms. The van der Waals surface area contributed by atoms with E-state index in [1.807, 2.05) is 0 Å². The molecule has 2 aromatic carbocycles. The third-order valence-corrected chi connectivity index (χ3v) is 3.57. The average molecular weight is 311 g/mol. The fourth-order valence-electron chi connectivity index (χ4n) is 2.18. The van der Waals surface area contributed by atoms with Crippen molar-refractivity contribution in [2.24, 2.45) is 0 Å². The van der Waals surface area contributed by atoms with Crippen molar-refractivity contribution in [1.82, 2.24) is 0 Å². The molecule has 0 aliphatic carbocycles. The van der Waals surface area contributed by atoms with Gasteiger partial charge in [-0.25, -0.2) is 4.39 Å². The topological polar surface area (TPSA) is 38.7 Å². The van der Waals surface area contributed by atoms with Crippen molar-refractivity contribution in [1.29, 1.82) is 0 Å². The number of rotatable bonds is 5. The van der Waals surface area contributed by atoms with Gasteiger partial charge in [0.2, 0.25) is 0 Å². The molecule has 0 saturated heterocycles. The molecule has 0 aliphatic rings. The SMILES string of the molecule is COc1cccc(C(O)Cc2ccc(F)cc2Cl)c1OC. The lowest BCUT2D eigenvalue weighted by atomic mass is 10.00. The maximum atomic E-state index is 13.0. The molecule has 0 amide bonds.